The zero-order valence-corrected chi connectivity index (χ0v) is 10.8. The third-order valence-corrected chi connectivity index (χ3v) is 2.01. The van der Waals surface area contributed by atoms with Gasteiger partial charge in [0.25, 0.3) is 0 Å². The van der Waals surface area contributed by atoms with E-state index in [-0.39, 0.29) is 5.91 Å². The van der Waals surface area contributed by atoms with E-state index in [4.69, 9.17) is 0 Å². The number of nitrogens with zero attached hydrogens (tertiary/aromatic N) is 1. The molecule has 18 heavy (non-hydrogen) atoms. The zero-order chi connectivity index (χ0) is 13.6. The van der Waals surface area contributed by atoms with E-state index in [1.54, 1.807) is 12.2 Å². The van der Waals surface area contributed by atoms with Gasteiger partial charge in [-0.05, 0) is 19.4 Å². The first-order chi connectivity index (χ1) is 8.70. The predicted molar refractivity (Wildman–Crippen MR) is 74.5 cm³/mol. The second-order valence-corrected chi connectivity index (χ2v) is 3.57. The van der Waals surface area contributed by atoms with Crippen molar-refractivity contribution in [2.45, 2.75) is 26.2 Å². The summed E-state index contributed by atoms with van der Waals surface area (Å²) in [4.78, 5) is 25.3. The average Bonchev–Trinajstić information content (AvgIpc) is 2.35. The summed E-state index contributed by atoms with van der Waals surface area (Å²) in [5, 5.41) is 2.73. The first-order valence-corrected chi connectivity index (χ1v) is 5.88. The van der Waals surface area contributed by atoms with Crippen LogP contribution in [-0.2, 0) is 9.59 Å². The van der Waals surface area contributed by atoms with Crippen molar-refractivity contribution < 1.29 is 9.59 Å². The van der Waals surface area contributed by atoms with E-state index < -0.39 is 0 Å². The topological polar surface area (TPSA) is 58.5 Å². The lowest BCUT2D eigenvalue weighted by atomic mass is 10.2. The van der Waals surface area contributed by atoms with Crippen molar-refractivity contribution in [3.05, 3.63) is 37.1 Å². The fourth-order valence-corrected chi connectivity index (χ4v) is 1.15. The Kier molecular flexibility index (Phi) is 10.3. The number of rotatable bonds is 9. The molecule has 0 aromatic carbocycles. The second-order valence-electron chi connectivity index (χ2n) is 3.57. The number of hydrogen-bond donors (Lipinski definition) is 1. The lowest BCUT2D eigenvalue weighted by Crippen LogP contribution is -2.22. The fraction of sp³-hybridized carbons (Fsp3) is 0.357. The van der Waals surface area contributed by atoms with Crippen LogP contribution < -0.4 is 5.32 Å². The highest BCUT2D eigenvalue weighted by atomic mass is 16.1. The van der Waals surface area contributed by atoms with Crippen LogP contribution in [0.1, 0.15) is 26.2 Å². The number of carbonyl (C=O) groups is 2. The Morgan fingerprint density at radius 1 is 1.33 bits per heavy atom. The molecule has 1 amide bonds. The highest BCUT2D eigenvalue weighted by molar-refractivity contribution is 5.93. The van der Waals surface area contributed by atoms with Gasteiger partial charge in [-0.3, -0.25) is 9.79 Å². The monoisotopic (exact) mass is 248 g/mol. The van der Waals surface area contributed by atoms with Crippen molar-refractivity contribution >= 4 is 17.9 Å². The molecule has 0 aliphatic rings. The van der Waals surface area contributed by atoms with Crippen LogP contribution in [0.5, 0.6) is 0 Å². The summed E-state index contributed by atoms with van der Waals surface area (Å²) < 4.78 is 0. The van der Waals surface area contributed by atoms with Crippen molar-refractivity contribution in [3.63, 3.8) is 0 Å². The molecule has 0 bridgehead atoms. The van der Waals surface area contributed by atoms with Crippen molar-refractivity contribution in [3.8, 4) is 0 Å². The SMILES string of the molecule is C=CN=C(C)/C=C\CCC(=O)NC/C=C/CC=O. The number of aliphatic imine (C=N–C) groups is 1. The zero-order valence-electron chi connectivity index (χ0n) is 10.8. The molecular formula is C14H20N2O2. The number of aldehydes is 1. The third-order valence-electron chi connectivity index (χ3n) is 2.01. The summed E-state index contributed by atoms with van der Waals surface area (Å²) in [5.74, 6) is -0.00582. The molecule has 0 aliphatic heterocycles. The smallest absolute Gasteiger partial charge is 0.220 e. The van der Waals surface area contributed by atoms with E-state index in [2.05, 4.69) is 16.9 Å². The lowest BCUT2D eigenvalue weighted by Gasteiger charge is -1.99. The number of hydrogen-bond acceptors (Lipinski definition) is 3. The molecule has 0 spiro atoms. The van der Waals surface area contributed by atoms with Gasteiger partial charge in [-0.1, -0.05) is 24.8 Å². The molecule has 0 radical (unpaired) electrons. The molecule has 0 heterocycles. The first kappa shape index (κ1) is 16.0. The maximum atomic E-state index is 11.4. The summed E-state index contributed by atoms with van der Waals surface area (Å²) in [6.07, 6.45) is 11.1. The summed E-state index contributed by atoms with van der Waals surface area (Å²) >= 11 is 0. The molecule has 0 aromatic rings. The molecule has 0 rings (SSSR count). The Balaban J connectivity index is 3.68. The van der Waals surface area contributed by atoms with Gasteiger partial charge >= 0.3 is 0 Å². The van der Waals surface area contributed by atoms with Crippen molar-refractivity contribution in [2.24, 2.45) is 4.99 Å². The highest BCUT2D eigenvalue weighted by Gasteiger charge is 1.96. The Morgan fingerprint density at radius 2 is 2.11 bits per heavy atom. The Morgan fingerprint density at radius 3 is 2.78 bits per heavy atom. The fourth-order valence-electron chi connectivity index (χ4n) is 1.15. The maximum absolute atomic E-state index is 11.4. The van der Waals surface area contributed by atoms with Crippen LogP contribution in [0.4, 0.5) is 0 Å². The van der Waals surface area contributed by atoms with Gasteiger partial charge in [-0.15, -0.1) is 0 Å². The van der Waals surface area contributed by atoms with Crippen LogP contribution in [0, 0.1) is 0 Å². The van der Waals surface area contributed by atoms with Gasteiger partial charge in [0.05, 0.1) is 0 Å². The summed E-state index contributed by atoms with van der Waals surface area (Å²) in [6.45, 7) is 5.84. The van der Waals surface area contributed by atoms with Gasteiger partial charge in [0.1, 0.15) is 6.29 Å². The standard InChI is InChI=1S/C14H20N2O2/c1-3-15-13(2)9-5-6-10-14(18)16-11-7-4-8-12-17/h3-5,7,9,12H,1,6,8,10-11H2,2H3,(H,16,18)/b7-4+,9-5-,15-13?. The highest BCUT2D eigenvalue weighted by Crippen LogP contribution is 1.92. The van der Waals surface area contributed by atoms with Crippen LogP contribution in [0.2, 0.25) is 0 Å². The molecule has 98 valence electrons. The number of allylic oxidation sites excluding steroid dienone is 3. The van der Waals surface area contributed by atoms with Gasteiger partial charge in [-0.2, -0.15) is 0 Å². The molecule has 1 N–H and O–H groups in total. The molecule has 0 saturated carbocycles. The quantitative estimate of drug-likeness (QED) is 0.386. The van der Waals surface area contributed by atoms with E-state index in [0.717, 1.165) is 12.0 Å². The second kappa shape index (κ2) is 11.5. The molecular weight excluding hydrogens is 228 g/mol. The minimum absolute atomic E-state index is 0.00582. The van der Waals surface area contributed by atoms with Crippen LogP contribution >= 0.6 is 0 Å². The van der Waals surface area contributed by atoms with Crippen molar-refractivity contribution in [1.29, 1.82) is 0 Å². The molecule has 0 unspecified atom stereocenters. The molecule has 4 nitrogen and oxygen atoms in total. The maximum Gasteiger partial charge on any atom is 0.220 e. The molecule has 4 heteroatoms. The van der Waals surface area contributed by atoms with Crippen LogP contribution in [0.25, 0.3) is 0 Å². The normalized spacial score (nSPS) is 11.9. The number of carbonyl (C=O) groups excluding carboxylic acids is 2. The summed E-state index contributed by atoms with van der Waals surface area (Å²) in [5.41, 5.74) is 0.863. The minimum atomic E-state index is -0.00582. The number of amides is 1. The first-order valence-electron chi connectivity index (χ1n) is 5.88. The van der Waals surface area contributed by atoms with Gasteiger partial charge in [0, 0.05) is 31.3 Å². The van der Waals surface area contributed by atoms with E-state index in [9.17, 15) is 9.59 Å². The van der Waals surface area contributed by atoms with Gasteiger partial charge in [0.15, 0.2) is 0 Å². The van der Waals surface area contributed by atoms with E-state index >= 15 is 0 Å². The van der Waals surface area contributed by atoms with Crippen molar-refractivity contribution in [2.75, 3.05) is 6.54 Å². The van der Waals surface area contributed by atoms with E-state index in [1.807, 2.05) is 19.1 Å². The van der Waals surface area contributed by atoms with Crippen LogP contribution in [0.3, 0.4) is 0 Å². The largest absolute Gasteiger partial charge is 0.353 e. The minimum Gasteiger partial charge on any atom is -0.353 e. The van der Waals surface area contributed by atoms with Crippen LogP contribution in [0.15, 0.2) is 42.1 Å². The van der Waals surface area contributed by atoms with Crippen molar-refractivity contribution in [1.82, 2.24) is 5.32 Å². The summed E-state index contributed by atoms with van der Waals surface area (Å²) in [7, 11) is 0. The van der Waals surface area contributed by atoms with Crippen LogP contribution in [-0.4, -0.2) is 24.4 Å². The van der Waals surface area contributed by atoms with E-state index in [0.29, 0.717) is 25.8 Å². The molecule has 0 atom stereocenters. The van der Waals surface area contributed by atoms with Gasteiger partial charge in [-0.25, -0.2) is 0 Å². The molecule has 0 aromatic heterocycles. The predicted octanol–water partition coefficient (Wildman–Crippen LogP) is 2.19. The van der Waals surface area contributed by atoms with Gasteiger partial charge in [0.2, 0.25) is 5.91 Å². The molecule has 0 fully saturated rings. The summed E-state index contributed by atoms with van der Waals surface area (Å²) in [6, 6.07) is 0. The number of nitrogens with one attached hydrogen (secondary N) is 1. The Hall–Kier alpha value is -1.97. The van der Waals surface area contributed by atoms with Gasteiger partial charge < -0.3 is 10.1 Å². The average molecular weight is 248 g/mol. The lowest BCUT2D eigenvalue weighted by molar-refractivity contribution is -0.120. The van der Waals surface area contributed by atoms with E-state index in [1.165, 1.54) is 6.20 Å². The Bertz CT molecular complexity index is 355. The third kappa shape index (κ3) is 10.5. The molecule has 0 saturated heterocycles. The Labute approximate surface area is 108 Å². The molecule has 0 aliphatic carbocycles.